The van der Waals surface area contributed by atoms with Crippen molar-refractivity contribution in [2.45, 2.75) is 25.4 Å². The lowest BCUT2D eigenvalue weighted by molar-refractivity contribution is 0.222. The second kappa shape index (κ2) is 7.12. The molecule has 0 saturated heterocycles. The Morgan fingerprint density at radius 3 is 2.31 bits per heavy atom. The second-order valence-electron chi connectivity index (χ2n) is 2.81. The predicted molar refractivity (Wildman–Crippen MR) is 55.8 cm³/mol. The topological polar surface area (TPSA) is 27.7 Å². The van der Waals surface area contributed by atoms with Gasteiger partial charge in [-0.2, -0.15) is 0 Å². The van der Waals surface area contributed by atoms with E-state index in [0.717, 1.165) is 18.5 Å². The first-order chi connectivity index (χ1) is 6.24. The summed E-state index contributed by atoms with van der Waals surface area (Å²) in [5.41, 5.74) is 0. The molecular weight excluding hydrogens is 184 g/mol. The van der Waals surface area contributed by atoms with Crippen LogP contribution in [0.2, 0.25) is 12.1 Å². The molecule has 0 N–H and O–H groups in total. The van der Waals surface area contributed by atoms with E-state index in [9.17, 15) is 0 Å². The molecule has 0 aromatic carbocycles. The van der Waals surface area contributed by atoms with Crippen molar-refractivity contribution in [1.82, 2.24) is 0 Å². The van der Waals surface area contributed by atoms with Crippen LogP contribution in [-0.2, 0) is 13.6 Å². The normalized spacial score (nSPS) is 11.3. The van der Waals surface area contributed by atoms with Crippen molar-refractivity contribution in [3.63, 3.8) is 0 Å². The summed E-state index contributed by atoms with van der Waals surface area (Å²) in [6, 6.07) is 1.96. The van der Waals surface area contributed by atoms with E-state index in [-0.39, 0.29) is 0 Å². The minimum Gasteiger partial charge on any atom is -0.502 e. The van der Waals surface area contributed by atoms with E-state index in [4.69, 9.17) is 13.6 Å². The predicted octanol–water partition coefficient (Wildman–Crippen LogP) is 2.29. The minimum atomic E-state index is -1.88. The van der Waals surface area contributed by atoms with Crippen LogP contribution >= 0.6 is 0 Å². The third-order valence-electron chi connectivity index (χ3n) is 2.22. The summed E-state index contributed by atoms with van der Waals surface area (Å²) in [5, 5.41) is 0. The maximum atomic E-state index is 5.45. The Morgan fingerprint density at radius 1 is 1.31 bits per heavy atom. The molecule has 13 heavy (non-hydrogen) atoms. The van der Waals surface area contributed by atoms with Crippen molar-refractivity contribution < 1.29 is 13.6 Å². The van der Waals surface area contributed by atoms with Gasteiger partial charge in [0.2, 0.25) is 0 Å². The van der Waals surface area contributed by atoms with Crippen molar-refractivity contribution in [3.8, 4) is 0 Å². The summed E-state index contributed by atoms with van der Waals surface area (Å²) >= 11 is 0. The molecule has 78 valence electrons. The van der Waals surface area contributed by atoms with Crippen LogP contribution in [0.1, 0.15) is 13.3 Å². The fraction of sp³-hybridized carbons (Fsp3) is 0.778. The van der Waals surface area contributed by atoms with Gasteiger partial charge in [0, 0.05) is 14.2 Å². The molecule has 0 saturated carbocycles. The summed E-state index contributed by atoms with van der Waals surface area (Å²) in [4.78, 5) is 0. The van der Waals surface area contributed by atoms with Crippen LogP contribution in [0.3, 0.4) is 0 Å². The molecular formula is C9H20O3Si. The number of hydrogen-bond acceptors (Lipinski definition) is 3. The maximum Gasteiger partial charge on any atom is 0.337 e. The fourth-order valence-corrected chi connectivity index (χ4v) is 3.45. The van der Waals surface area contributed by atoms with Gasteiger partial charge < -0.3 is 13.6 Å². The third kappa shape index (κ3) is 4.45. The lowest BCUT2D eigenvalue weighted by atomic mass is 10.5. The largest absolute Gasteiger partial charge is 0.502 e. The van der Waals surface area contributed by atoms with Crippen molar-refractivity contribution in [2.75, 3.05) is 20.8 Å². The summed E-state index contributed by atoms with van der Waals surface area (Å²) in [5.74, 6) is 0. The standard InChI is InChI=1S/C9H20O3Si/c1-5-12-8-7-9-13(6-2,10-3)11-4/h5H,1,6-9H2,2-4H3. The highest BCUT2D eigenvalue weighted by molar-refractivity contribution is 6.67. The lowest BCUT2D eigenvalue weighted by Crippen LogP contribution is -2.39. The van der Waals surface area contributed by atoms with Gasteiger partial charge in [0.1, 0.15) is 0 Å². The Balaban J connectivity index is 3.74. The van der Waals surface area contributed by atoms with Crippen LogP contribution in [-0.4, -0.2) is 29.4 Å². The van der Waals surface area contributed by atoms with Crippen LogP contribution in [0.5, 0.6) is 0 Å². The molecule has 0 radical (unpaired) electrons. The molecule has 0 aromatic rings. The van der Waals surface area contributed by atoms with E-state index in [1.54, 1.807) is 14.2 Å². The average molecular weight is 204 g/mol. The first-order valence-corrected chi connectivity index (χ1v) is 6.80. The monoisotopic (exact) mass is 204 g/mol. The molecule has 0 aromatic heterocycles. The highest BCUT2D eigenvalue weighted by Gasteiger charge is 2.32. The van der Waals surface area contributed by atoms with E-state index in [1.165, 1.54) is 6.26 Å². The molecule has 0 aliphatic carbocycles. The molecule has 0 rings (SSSR count). The SMILES string of the molecule is C=COCCC[Si](CC)(OC)OC. The molecule has 0 heterocycles. The minimum absolute atomic E-state index is 0.699. The fourth-order valence-electron chi connectivity index (χ4n) is 1.26. The van der Waals surface area contributed by atoms with Gasteiger partial charge in [0.05, 0.1) is 12.9 Å². The Hall–Kier alpha value is -0.323. The summed E-state index contributed by atoms with van der Waals surface area (Å²) in [7, 11) is 1.58. The van der Waals surface area contributed by atoms with Gasteiger partial charge in [-0.25, -0.2) is 0 Å². The quantitative estimate of drug-likeness (QED) is 0.345. The molecule has 4 heteroatoms. The van der Waals surface area contributed by atoms with E-state index in [0.29, 0.717) is 6.61 Å². The highest BCUT2D eigenvalue weighted by atomic mass is 28.4. The number of ether oxygens (including phenoxy) is 1. The van der Waals surface area contributed by atoms with Gasteiger partial charge in [0.25, 0.3) is 0 Å². The van der Waals surface area contributed by atoms with Crippen molar-refractivity contribution in [2.24, 2.45) is 0 Å². The summed E-state index contributed by atoms with van der Waals surface area (Å²) in [6.45, 7) is 6.29. The Morgan fingerprint density at radius 2 is 1.92 bits per heavy atom. The molecule has 0 unspecified atom stereocenters. The molecule has 0 aliphatic rings. The zero-order valence-electron chi connectivity index (χ0n) is 8.84. The lowest BCUT2D eigenvalue weighted by Gasteiger charge is -2.25. The first-order valence-electron chi connectivity index (χ1n) is 4.57. The van der Waals surface area contributed by atoms with E-state index in [1.807, 2.05) is 0 Å². The molecule has 0 bridgehead atoms. The van der Waals surface area contributed by atoms with Crippen molar-refractivity contribution in [1.29, 1.82) is 0 Å². The van der Waals surface area contributed by atoms with Crippen LogP contribution in [0, 0.1) is 0 Å². The summed E-state index contributed by atoms with van der Waals surface area (Å²) in [6.07, 6.45) is 2.43. The average Bonchev–Trinajstić information content (AvgIpc) is 2.20. The number of rotatable bonds is 8. The van der Waals surface area contributed by atoms with Crippen molar-refractivity contribution in [3.05, 3.63) is 12.8 Å². The van der Waals surface area contributed by atoms with E-state index in [2.05, 4.69) is 13.5 Å². The molecule has 3 nitrogen and oxygen atoms in total. The van der Waals surface area contributed by atoms with Crippen LogP contribution in [0.25, 0.3) is 0 Å². The zero-order valence-corrected chi connectivity index (χ0v) is 9.84. The van der Waals surface area contributed by atoms with Gasteiger partial charge in [-0.3, -0.25) is 0 Å². The van der Waals surface area contributed by atoms with Crippen LogP contribution < -0.4 is 0 Å². The Kier molecular flexibility index (Phi) is 6.94. The highest BCUT2D eigenvalue weighted by Crippen LogP contribution is 2.18. The molecule has 0 fully saturated rings. The van der Waals surface area contributed by atoms with Gasteiger partial charge in [0.15, 0.2) is 0 Å². The molecule has 0 aliphatic heterocycles. The molecule has 0 spiro atoms. The smallest absolute Gasteiger partial charge is 0.337 e. The van der Waals surface area contributed by atoms with Crippen LogP contribution in [0.15, 0.2) is 12.8 Å². The van der Waals surface area contributed by atoms with E-state index < -0.39 is 8.56 Å². The second-order valence-corrected chi connectivity index (χ2v) is 6.66. The Bertz CT molecular complexity index is 127. The van der Waals surface area contributed by atoms with Gasteiger partial charge in [-0.15, -0.1) is 0 Å². The molecule has 0 amide bonds. The summed E-state index contributed by atoms with van der Waals surface area (Å²) < 4.78 is 15.9. The van der Waals surface area contributed by atoms with Crippen LogP contribution in [0.4, 0.5) is 0 Å². The Labute approximate surface area is 81.9 Å². The first kappa shape index (κ1) is 12.7. The van der Waals surface area contributed by atoms with Crippen molar-refractivity contribution >= 4 is 8.56 Å². The maximum absolute atomic E-state index is 5.45. The third-order valence-corrected chi connectivity index (χ3v) is 5.90. The molecule has 0 atom stereocenters. The van der Waals surface area contributed by atoms with Gasteiger partial charge in [-0.1, -0.05) is 13.5 Å². The van der Waals surface area contributed by atoms with Gasteiger partial charge >= 0.3 is 8.56 Å². The van der Waals surface area contributed by atoms with E-state index >= 15 is 0 Å². The zero-order chi connectivity index (χ0) is 10.2. The number of hydrogen-bond donors (Lipinski definition) is 0. The van der Waals surface area contributed by atoms with Gasteiger partial charge in [-0.05, 0) is 18.5 Å².